The van der Waals surface area contributed by atoms with E-state index in [2.05, 4.69) is 78.0 Å². The van der Waals surface area contributed by atoms with E-state index in [1.54, 1.807) is 30.3 Å². The minimum Gasteiger partial charge on any atom is -0.391 e. The molecule has 516 valence electrons. The summed E-state index contributed by atoms with van der Waals surface area (Å²) in [6, 6.07) is -5.57. The summed E-state index contributed by atoms with van der Waals surface area (Å²) in [6.07, 6.45) is 3.94. The molecular formula is C62H109N15O13S. The van der Waals surface area contributed by atoms with Crippen molar-refractivity contribution in [3.05, 3.63) is 35.9 Å². The van der Waals surface area contributed by atoms with Gasteiger partial charge in [-0.15, -0.1) is 0 Å². The molecule has 0 spiro atoms. The molecule has 1 aliphatic rings. The van der Waals surface area contributed by atoms with Crippen LogP contribution in [0.2, 0.25) is 0 Å². The Morgan fingerprint density at radius 2 is 1.04 bits per heavy atom. The third-order valence-corrected chi connectivity index (χ3v) is 15.8. The first kappa shape index (κ1) is 80.6. The molecule has 0 aromatic heterocycles. The van der Waals surface area contributed by atoms with Crippen molar-refractivity contribution in [2.24, 2.45) is 28.9 Å². The molecule has 91 heavy (non-hydrogen) atoms. The van der Waals surface area contributed by atoms with Gasteiger partial charge in [-0.25, -0.2) is 0 Å². The van der Waals surface area contributed by atoms with Crippen LogP contribution in [0, 0.1) is 5.92 Å². The zero-order valence-corrected chi connectivity index (χ0v) is 55.0. The van der Waals surface area contributed by atoms with Crippen molar-refractivity contribution >= 4 is 77.6 Å². The third-order valence-electron chi connectivity index (χ3n) is 15.4. The van der Waals surface area contributed by atoms with E-state index in [9.17, 15) is 63.0 Å². The van der Waals surface area contributed by atoms with Crippen molar-refractivity contribution in [3.8, 4) is 0 Å². The van der Waals surface area contributed by atoms with E-state index in [0.717, 1.165) is 25.7 Å². The largest absolute Gasteiger partial charge is 0.391 e. The second-order valence-corrected chi connectivity index (χ2v) is 24.3. The Labute approximate surface area is 542 Å². The van der Waals surface area contributed by atoms with E-state index in [1.807, 2.05) is 13.8 Å². The maximum atomic E-state index is 14.9. The summed E-state index contributed by atoms with van der Waals surface area (Å²) in [5.41, 5.74) is 23.9. The average molecular weight is 1300 g/mol. The fraction of sp³-hybridized carbons (Fsp3) is 0.726. The Morgan fingerprint density at radius 1 is 0.549 bits per heavy atom. The molecular weight excluding hydrogens is 1190 g/mol. The van der Waals surface area contributed by atoms with E-state index in [-0.39, 0.29) is 95.6 Å². The zero-order valence-electron chi connectivity index (χ0n) is 54.1. The van der Waals surface area contributed by atoms with Crippen LogP contribution >= 0.6 is 12.6 Å². The molecule has 1 aromatic rings. The van der Waals surface area contributed by atoms with E-state index < -0.39 is 151 Å². The Balaban J connectivity index is 2.82. The van der Waals surface area contributed by atoms with Crippen molar-refractivity contribution in [3.63, 3.8) is 0 Å². The van der Waals surface area contributed by atoms with Gasteiger partial charge in [-0.1, -0.05) is 76.8 Å². The summed E-state index contributed by atoms with van der Waals surface area (Å²) >= 11 is 4.24. The SMILES string of the molecule is CCCCCCCC(=O)N[C@@H](CS)C(=O)N[C@H](C(=O)N[C@@H](CCCCN)C(=O)N[C@H]1CCNC(=O)[C@H]([C@@H](C)O)NC(=O)[C@H](CCCCN)NC(=O)[C@H](CCCCN)NC(=O)[C@H](CC(C)C)NC(=O)[C@@H](Cc2ccccc2)NC(=O)[C@H](CCCCN)NC1=O)[C@@H](C)O. The molecule has 11 amide bonds. The van der Waals surface area contributed by atoms with Gasteiger partial charge in [0, 0.05) is 25.1 Å². The van der Waals surface area contributed by atoms with Crippen molar-refractivity contribution in [2.75, 3.05) is 38.5 Å². The Morgan fingerprint density at radius 3 is 1.56 bits per heavy atom. The van der Waals surface area contributed by atoms with Crippen LogP contribution in [0.4, 0.5) is 0 Å². The summed E-state index contributed by atoms with van der Waals surface area (Å²) in [6.45, 7) is 8.68. The molecule has 29 heteroatoms. The third kappa shape index (κ3) is 31.6. The number of hydrogen-bond acceptors (Lipinski definition) is 18. The van der Waals surface area contributed by atoms with E-state index in [1.165, 1.54) is 13.8 Å². The number of hydrogen-bond donors (Lipinski definition) is 18. The minimum absolute atomic E-state index is 0.0220. The van der Waals surface area contributed by atoms with Crippen molar-refractivity contribution in [1.82, 2.24) is 58.5 Å². The Hall–Kier alpha value is -6.50. The first-order chi connectivity index (χ1) is 43.4. The van der Waals surface area contributed by atoms with Gasteiger partial charge in [-0.2, -0.15) is 12.6 Å². The molecule has 0 bridgehead atoms. The molecule has 0 radical (unpaired) electrons. The monoisotopic (exact) mass is 1300 g/mol. The van der Waals surface area contributed by atoms with Gasteiger partial charge in [-0.3, -0.25) is 52.7 Å². The second kappa shape index (κ2) is 45.7. The lowest BCUT2D eigenvalue weighted by Crippen LogP contribution is -2.62. The Kier molecular flexibility index (Phi) is 40.5. The number of aliphatic hydroxyl groups is 2. The van der Waals surface area contributed by atoms with Crippen LogP contribution in [-0.4, -0.2) is 186 Å². The quantitative estimate of drug-likeness (QED) is 0.0261. The van der Waals surface area contributed by atoms with Crippen LogP contribution in [0.25, 0.3) is 0 Å². The number of nitrogens with two attached hydrogens (primary N) is 4. The number of aliphatic hydroxyl groups excluding tert-OH is 2. The molecule has 1 saturated heterocycles. The first-order valence-electron chi connectivity index (χ1n) is 32.6. The molecule has 0 unspecified atom stereocenters. The zero-order chi connectivity index (χ0) is 67.8. The molecule has 21 N–H and O–H groups in total. The summed E-state index contributed by atoms with van der Waals surface area (Å²) in [7, 11) is 0. The maximum Gasteiger partial charge on any atom is 0.245 e. The topological polar surface area (TPSA) is 465 Å². The van der Waals surface area contributed by atoms with E-state index in [4.69, 9.17) is 22.9 Å². The highest BCUT2D eigenvalue weighted by Crippen LogP contribution is 2.14. The van der Waals surface area contributed by atoms with Crippen LogP contribution in [0.3, 0.4) is 0 Å². The number of rotatable bonds is 36. The molecule has 1 aliphatic heterocycles. The highest BCUT2D eigenvalue weighted by Gasteiger charge is 2.38. The summed E-state index contributed by atoms with van der Waals surface area (Å²) in [4.78, 5) is 157. The fourth-order valence-corrected chi connectivity index (χ4v) is 10.3. The summed E-state index contributed by atoms with van der Waals surface area (Å²) in [5, 5.41) is 51.1. The number of carbonyl (C=O) groups excluding carboxylic acids is 11. The van der Waals surface area contributed by atoms with Gasteiger partial charge in [0.2, 0.25) is 65.0 Å². The number of benzene rings is 1. The summed E-state index contributed by atoms with van der Waals surface area (Å²) < 4.78 is 0. The second-order valence-electron chi connectivity index (χ2n) is 23.9. The normalized spacial score (nSPS) is 21.8. The van der Waals surface area contributed by atoms with Gasteiger partial charge in [0.25, 0.3) is 0 Å². The molecule has 0 aliphatic carbocycles. The summed E-state index contributed by atoms with van der Waals surface area (Å²) in [5.74, 6) is -9.47. The van der Waals surface area contributed by atoms with Crippen LogP contribution in [-0.2, 0) is 59.2 Å². The lowest BCUT2D eigenvalue weighted by molar-refractivity contribution is -0.137. The van der Waals surface area contributed by atoms with E-state index in [0.29, 0.717) is 50.5 Å². The maximum absolute atomic E-state index is 14.9. The number of carbonyl (C=O) groups is 11. The predicted octanol–water partition coefficient (Wildman–Crippen LogP) is -1.79. The highest BCUT2D eigenvalue weighted by atomic mass is 32.1. The molecule has 2 rings (SSSR count). The van der Waals surface area contributed by atoms with Crippen LogP contribution in [0.1, 0.15) is 169 Å². The van der Waals surface area contributed by atoms with Gasteiger partial charge in [-0.05, 0) is 148 Å². The molecule has 12 atom stereocenters. The molecule has 0 saturated carbocycles. The number of thiol groups is 1. The van der Waals surface area contributed by atoms with Gasteiger partial charge in [0.1, 0.15) is 60.4 Å². The van der Waals surface area contributed by atoms with Crippen molar-refractivity contribution in [2.45, 2.75) is 242 Å². The van der Waals surface area contributed by atoms with E-state index >= 15 is 0 Å². The lowest BCUT2D eigenvalue weighted by Gasteiger charge is -2.29. The smallest absolute Gasteiger partial charge is 0.245 e. The van der Waals surface area contributed by atoms with Crippen LogP contribution in [0.15, 0.2) is 30.3 Å². The van der Waals surface area contributed by atoms with Crippen molar-refractivity contribution < 1.29 is 63.0 Å². The fourth-order valence-electron chi connectivity index (χ4n) is 10.1. The molecule has 1 heterocycles. The minimum atomic E-state index is -1.67. The molecule has 1 aromatic carbocycles. The van der Waals surface area contributed by atoms with Gasteiger partial charge in [0.15, 0.2) is 0 Å². The molecule has 1 fully saturated rings. The lowest BCUT2D eigenvalue weighted by atomic mass is 9.99. The Bertz CT molecular complexity index is 2410. The van der Waals surface area contributed by atoms with Gasteiger partial charge >= 0.3 is 0 Å². The first-order valence-corrected chi connectivity index (χ1v) is 33.2. The highest BCUT2D eigenvalue weighted by molar-refractivity contribution is 7.80. The number of nitrogens with one attached hydrogen (secondary N) is 11. The molecule has 28 nitrogen and oxygen atoms in total. The van der Waals surface area contributed by atoms with Gasteiger partial charge in [0.05, 0.1) is 12.2 Å². The van der Waals surface area contributed by atoms with Crippen molar-refractivity contribution in [1.29, 1.82) is 0 Å². The number of amides is 11. The average Bonchev–Trinajstić information content (AvgIpc) is 2.12. The standard InChI is InChI=1S/C62H109N15O13S/c1-6-7-8-9-13-28-50(80)68-49(37-91)60(88)77-52(40(5)79)62(90)73-44(26-16-20-32-65)54(82)72-46-29-34-67-61(89)51(39(4)78)76-57(85)45(27-17-21-33-66)70-53(81)42(24-14-18-30-63)71-58(86)47(35-38(2)3)74-59(87)48(36-41-22-11-10-12-23-41)75-55(83)43(69-56(46)84)25-15-19-31-64/h10-12,22-23,38-40,42-49,51-52,78-79,91H,6-9,13-21,24-37,63-66H2,1-5H3,(H,67,89)(H,68,80)(H,69,84)(H,70,81)(H,71,86)(H,72,82)(H,73,90)(H,74,87)(H,75,83)(H,76,85)(H,77,88)/t39-,40-,42+,43+,44+,45+,46+,47+,48-,49+,51+,52+/m1/s1. The van der Waals surface area contributed by atoms with Gasteiger partial charge < -0.3 is 91.6 Å². The van der Waals surface area contributed by atoms with Crippen LogP contribution < -0.4 is 81.4 Å². The number of unbranched alkanes of at least 4 members (excludes halogenated alkanes) is 8. The predicted molar refractivity (Wildman–Crippen MR) is 349 cm³/mol. The van der Waals surface area contributed by atoms with Crippen LogP contribution in [0.5, 0.6) is 0 Å².